The molecule has 0 saturated heterocycles. The average molecular weight is 514 g/mol. The van der Waals surface area contributed by atoms with Crippen molar-refractivity contribution in [3.63, 3.8) is 0 Å². The minimum atomic E-state index is -4.16. The first kappa shape index (κ1) is 25.4. The van der Waals surface area contributed by atoms with Crippen molar-refractivity contribution in [1.82, 2.24) is 10.1 Å². The van der Waals surface area contributed by atoms with Crippen LogP contribution in [0, 0.1) is 13.8 Å². The summed E-state index contributed by atoms with van der Waals surface area (Å²) in [4.78, 5) is 4.22. The number of nitrogens with zero attached hydrogens (tertiary/aromatic N) is 3. The summed E-state index contributed by atoms with van der Waals surface area (Å²) in [6, 6.07) is 12.0. The number of aryl methyl sites for hydroxylation is 1. The van der Waals surface area contributed by atoms with Crippen molar-refractivity contribution in [2.75, 3.05) is 38.5 Å². The van der Waals surface area contributed by atoms with Crippen LogP contribution in [0.4, 0.5) is 5.88 Å². The molecule has 2 aromatic carbocycles. The summed E-state index contributed by atoms with van der Waals surface area (Å²) in [6.45, 7) is 3.72. The van der Waals surface area contributed by atoms with Gasteiger partial charge in [0.1, 0.15) is 18.7 Å². The number of methoxy groups -OCH3 is 2. The lowest BCUT2D eigenvalue weighted by molar-refractivity contribution is 0.0744. The molecule has 2 heterocycles. The SMILES string of the molecule is COCCOCN(c1onc(C)c1C)S(=O)(=O)c1ccccc1-c1ccc(-c2ncco2)cc1OC. The number of rotatable bonds is 11. The maximum absolute atomic E-state index is 14.1. The van der Waals surface area contributed by atoms with E-state index < -0.39 is 10.0 Å². The van der Waals surface area contributed by atoms with Gasteiger partial charge in [-0.15, -0.1) is 0 Å². The number of anilines is 1. The Morgan fingerprint density at radius 2 is 1.83 bits per heavy atom. The Morgan fingerprint density at radius 1 is 1.03 bits per heavy atom. The van der Waals surface area contributed by atoms with Gasteiger partial charge in [0, 0.05) is 29.4 Å². The van der Waals surface area contributed by atoms with Crippen molar-refractivity contribution in [3.05, 3.63) is 66.2 Å². The van der Waals surface area contributed by atoms with E-state index in [4.69, 9.17) is 23.2 Å². The van der Waals surface area contributed by atoms with Crippen LogP contribution in [0.5, 0.6) is 5.75 Å². The Bertz CT molecular complexity index is 1420. The third kappa shape index (κ3) is 4.99. The zero-order chi connectivity index (χ0) is 25.7. The van der Waals surface area contributed by atoms with Gasteiger partial charge in [-0.05, 0) is 38.1 Å². The maximum Gasteiger partial charge on any atom is 0.269 e. The number of aromatic nitrogens is 2. The minimum absolute atomic E-state index is 0.0518. The van der Waals surface area contributed by atoms with Gasteiger partial charge in [0.15, 0.2) is 0 Å². The number of benzene rings is 2. The number of ether oxygens (including phenoxy) is 3. The van der Waals surface area contributed by atoms with Crippen LogP contribution in [0.3, 0.4) is 0 Å². The molecule has 0 amide bonds. The highest BCUT2D eigenvalue weighted by atomic mass is 32.2. The number of hydrogen-bond donors (Lipinski definition) is 0. The summed E-state index contributed by atoms with van der Waals surface area (Å²) < 4.78 is 56.2. The molecule has 0 fully saturated rings. The molecular formula is C25H27N3O7S. The Morgan fingerprint density at radius 3 is 2.50 bits per heavy atom. The van der Waals surface area contributed by atoms with Gasteiger partial charge in [-0.2, -0.15) is 0 Å². The number of sulfonamides is 1. The van der Waals surface area contributed by atoms with E-state index in [1.807, 2.05) is 0 Å². The second kappa shape index (κ2) is 10.9. The van der Waals surface area contributed by atoms with Gasteiger partial charge in [0.2, 0.25) is 11.8 Å². The fourth-order valence-corrected chi connectivity index (χ4v) is 5.15. The van der Waals surface area contributed by atoms with Crippen LogP contribution < -0.4 is 9.04 Å². The van der Waals surface area contributed by atoms with Crippen molar-refractivity contribution in [3.8, 4) is 28.3 Å². The molecule has 190 valence electrons. The van der Waals surface area contributed by atoms with E-state index in [1.54, 1.807) is 63.6 Å². The van der Waals surface area contributed by atoms with Crippen LogP contribution >= 0.6 is 0 Å². The van der Waals surface area contributed by atoms with Crippen LogP contribution in [-0.4, -0.2) is 52.7 Å². The van der Waals surface area contributed by atoms with Crippen molar-refractivity contribution in [1.29, 1.82) is 0 Å². The predicted octanol–water partition coefficient (Wildman–Crippen LogP) is 4.44. The standard InChI is InChI=1S/C25H27N3O7S/c1-17-18(2)27-35-25(17)28(16-33-14-13-31-3)36(29,30)23-8-6-5-7-21(23)20-10-9-19(15-22(20)32-4)24-26-11-12-34-24/h5-12,15H,13-14,16H2,1-4H3. The second-order valence-electron chi connectivity index (χ2n) is 7.83. The van der Waals surface area contributed by atoms with Gasteiger partial charge in [-0.1, -0.05) is 23.4 Å². The fourth-order valence-electron chi connectivity index (χ4n) is 3.61. The Hall–Kier alpha value is -3.67. The topological polar surface area (TPSA) is 117 Å². The van der Waals surface area contributed by atoms with Crippen molar-refractivity contribution in [2.45, 2.75) is 18.7 Å². The molecule has 0 aliphatic carbocycles. The number of oxazole rings is 1. The predicted molar refractivity (Wildman–Crippen MR) is 132 cm³/mol. The van der Waals surface area contributed by atoms with Crippen molar-refractivity contribution >= 4 is 15.9 Å². The monoisotopic (exact) mass is 513 g/mol. The summed E-state index contributed by atoms with van der Waals surface area (Å²) in [5.74, 6) is 0.977. The summed E-state index contributed by atoms with van der Waals surface area (Å²) in [7, 11) is -1.10. The molecule has 0 spiro atoms. The van der Waals surface area contributed by atoms with Crippen LogP contribution in [0.1, 0.15) is 11.3 Å². The van der Waals surface area contributed by atoms with E-state index in [-0.39, 0.29) is 24.1 Å². The molecule has 2 aromatic heterocycles. The van der Waals surface area contributed by atoms with E-state index in [1.165, 1.54) is 19.4 Å². The average Bonchev–Trinajstić information content (AvgIpc) is 3.54. The maximum atomic E-state index is 14.1. The Labute approximate surface area is 209 Å². The van der Waals surface area contributed by atoms with E-state index >= 15 is 0 Å². The zero-order valence-electron chi connectivity index (χ0n) is 20.4. The summed E-state index contributed by atoms with van der Waals surface area (Å²) in [5, 5.41) is 3.93. The first-order valence-electron chi connectivity index (χ1n) is 11.1. The summed E-state index contributed by atoms with van der Waals surface area (Å²) >= 11 is 0. The zero-order valence-corrected chi connectivity index (χ0v) is 21.2. The molecule has 0 saturated carbocycles. The minimum Gasteiger partial charge on any atom is -0.496 e. The fraction of sp³-hybridized carbons (Fsp3) is 0.280. The molecule has 0 atom stereocenters. The van der Waals surface area contributed by atoms with E-state index in [0.717, 1.165) is 4.31 Å². The van der Waals surface area contributed by atoms with E-state index in [2.05, 4.69) is 10.1 Å². The lowest BCUT2D eigenvalue weighted by atomic mass is 10.0. The lowest BCUT2D eigenvalue weighted by Crippen LogP contribution is -2.34. The van der Waals surface area contributed by atoms with Gasteiger partial charge >= 0.3 is 0 Å². The Balaban J connectivity index is 1.80. The van der Waals surface area contributed by atoms with Gasteiger partial charge < -0.3 is 23.2 Å². The van der Waals surface area contributed by atoms with Crippen LogP contribution in [0.15, 0.2) is 68.8 Å². The first-order valence-corrected chi connectivity index (χ1v) is 12.5. The molecule has 0 radical (unpaired) electrons. The highest BCUT2D eigenvalue weighted by Crippen LogP contribution is 2.39. The third-order valence-corrected chi connectivity index (χ3v) is 7.39. The van der Waals surface area contributed by atoms with E-state index in [9.17, 15) is 8.42 Å². The smallest absolute Gasteiger partial charge is 0.269 e. The highest BCUT2D eigenvalue weighted by molar-refractivity contribution is 7.93. The summed E-state index contributed by atoms with van der Waals surface area (Å²) in [6.07, 6.45) is 3.03. The lowest BCUT2D eigenvalue weighted by Gasteiger charge is -2.23. The van der Waals surface area contributed by atoms with Gasteiger partial charge in [0.05, 0.1) is 37.1 Å². The van der Waals surface area contributed by atoms with Crippen LogP contribution in [0.2, 0.25) is 0 Å². The quantitative estimate of drug-likeness (QED) is 0.212. The normalized spacial score (nSPS) is 11.6. The Kier molecular flexibility index (Phi) is 7.73. The molecule has 36 heavy (non-hydrogen) atoms. The first-order chi connectivity index (χ1) is 17.4. The molecular weight excluding hydrogens is 486 g/mol. The molecule has 0 aliphatic heterocycles. The van der Waals surface area contributed by atoms with Gasteiger partial charge in [-0.25, -0.2) is 17.7 Å². The van der Waals surface area contributed by atoms with E-state index in [0.29, 0.717) is 46.2 Å². The van der Waals surface area contributed by atoms with Crippen molar-refractivity contribution < 1.29 is 31.6 Å². The second-order valence-corrected chi connectivity index (χ2v) is 9.66. The molecule has 0 unspecified atom stereocenters. The molecule has 0 bridgehead atoms. The van der Waals surface area contributed by atoms with Gasteiger partial charge in [0.25, 0.3) is 10.0 Å². The molecule has 10 nitrogen and oxygen atoms in total. The molecule has 4 rings (SSSR count). The molecule has 0 N–H and O–H groups in total. The molecule has 4 aromatic rings. The third-order valence-electron chi connectivity index (χ3n) is 5.63. The largest absolute Gasteiger partial charge is 0.496 e. The molecule has 11 heteroatoms. The summed E-state index contributed by atoms with van der Waals surface area (Å²) in [5.41, 5.74) is 2.90. The molecule has 0 aliphatic rings. The number of hydrogen-bond acceptors (Lipinski definition) is 9. The van der Waals surface area contributed by atoms with Crippen LogP contribution in [-0.2, 0) is 19.5 Å². The van der Waals surface area contributed by atoms with Gasteiger partial charge in [-0.3, -0.25) is 0 Å². The highest BCUT2D eigenvalue weighted by Gasteiger charge is 2.33. The van der Waals surface area contributed by atoms with Crippen LogP contribution in [0.25, 0.3) is 22.6 Å². The van der Waals surface area contributed by atoms with Crippen molar-refractivity contribution in [2.24, 2.45) is 0 Å².